The van der Waals surface area contributed by atoms with E-state index in [1.54, 1.807) is 12.1 Å². The molecule has 1 aliphatic heterocycles. The maximum Gasteiger partial charge on any atom is 0.337 e. The monoisotopic (exact) mass is 249 g/mol. The van der Waals surface area contributed by atoms with Crippen LogP contribution < -0.4 is 4.90 Å². The summed E-state index contributed by atoms with van der Waals surface area (Å²) >= 11 is 0. The topological polar surface area (TPSA) is 94.9 Å². The van der Waals surface area contributed by atoms with Crippen LogP contribution in [-0.2, 0) is 9.59 Å². The first-order valence-corrected chi connectivity index (χ1v) is 5.36. The van der Waals surface area contributed by atoms with E-state index in [1.165, 1.54) is 17.0 Å². The summed E-state index contributed by atoms with van der Waals surface area (Å²) in [4.78, 5) is 34.9. The van der Waals surface area contributed by atoms with Crippen molar-refractivity contribution in [2.75, 3.05) is 11.4 Å². The third-order valence-electron chi connectivity index (χ3n) is 2.90. The Morgan fingerprint density at radius 1 is 1.22 bits per heavy atom. The van der Waals surface area contributed by atoms with Gasteiger partial charge in [0.2, 0.25) is 5.91 Å². The van der Waals surface area contributed by atoms with Crippen LogP contribution >= 0.6 is 0 Å². The van der Waals surface area contributed by atoms with Gasteiger partial charge < -0.3 is 15.1 Å². The molecule has 0 spiro atoms. The highest BCUT2D eigenvalue weighted by atomic mass is 16.4. The number of carbonyl (C=O) groups is 3. The number of anilines is 1. The minimum atomic E-state index is -1.14. The maximum absolute atomic E-state index is 11.7. The van der Waals surface area contributed by atoms with Crippen molar-refractivity contribution in [3.05, 3.63) is 29.8 Å². The zero-order valence-electron chi connectivity index (χ0n) is 9.37. The average Bonchev–Trinajstić information content (AvgIpc) is 2.71. The zero-order chi connectivity index (χ0) is 13.3. The standard InChI is InChI=1S/C12H11NO5/c14-10-5-7(11(15)16)6-13(10)9-4-2-1-3-8(9)12(17)18/h1-4,7H,5-6H2,(H,15,16)(H,17,18)/t7-/m0/s1. The third kappa shape index (κ3) is 2.04. The van der Waals surface area contributed by atoms with Crippen molar-refractivity contribution >= 4 is 23.5 Å². The molecule has 0 saturated carbocycles. The molecule has 6 heteroatoms. The van der Waals surface area contributed by atoms with Gasteiger partial charge in [-0.05, 0) is 12.1 Å². The van der Waals surface area contributed by atoms with Gasteiger partial charge in [-0.25, -0.2) is 4.79 Å². The number of para-hydroxylation sites is 1. The van der Waals surface area contributed by atoms with Crippen LogP contribution in [0.25, 0.3) is 0 Å². The van der Waals surface area contributed by atoms with E-state index in [4.69, 9.17) is 10.2 Å². The number of carboxylic acid groups (broad SMARTS) is 2. The Bertz CT molecular complexity index is 525. The van der Waals surface area contributed by atoms with Crippen molar-refractivity contribution in [2.24, 2.45) is 5.92 Å². The molecule has 6 nitrogen and oxygen atoms in total. The second kappa shape index (κ2) is 4.48. The first-order chi connectivity index (χ1) is 8.50. The Hall–Kier alpha value is -2.37. The van der Waals surface area contributed by atoms with Crippen molar-refractivity contribution in [3.63, 3.8) is 0 Å². The van der Waals surface area contributed by atoms with Crippen molar-refractivity contribution < 1.29 is 24.6 Å². The SMILES string of the molecule is O=C(O)c1ccccc1N1C[C@@H](C(=O)O)CC1=O. The fourth-order valence-corrected chi connectivity index (χ4v) is 2.00. The van der Waals surface area contributed by atoms with Gasteiger partial charge >= 0.3 is 11.9 Å². The van der Waals surface area contributed by atoms with Crippen molar-refractivity contribution in [1.82, 2.24) is 0 Å². The minimum absolute atomic E-state index is 0.00288. The van der Waals surface area contributed by atoms with Gasteiger partial charge in [0.1, 0.15) is 0 Å². The Balaban J connectivity index is 2.35. The number of rotatable bonds is 3. The van der Waals surface area contributed by atoms with E-state index in [9.17, 15) is 14.4 Å². The van der Waals surface area contributed by atoms with Gasteiger partial charge in [-0.3, -0.25) is 9.59 Å². The molecule has 1 aromatic carbocycles. The summed E-state index contributed by atoms with van der Waals surface area (Å²) in [5, 5.41) is 17.9. The lowest BCUT2D eigenvalue weighted by atomic mass is 10.1. The molecule has 0 radical (unpaired) electrons. The number of carboxylic acids is 2. The number of hydrogen-bond acceptors (Lipinski definition) is 3. The van der Waals surface area contributed by atoms with Crippen LogP contribution in [0, 0.1) is 5.92 Å². The van der Waals surface area contributed by atoms with Gasteiger partial charge in [-0.15, -0.1) is 0 Å². The lowest BCUT2D eigenvalue weighted by Gasteiger charge is -2.18. The molecule has 1 heterocycles. The molecular weight excluding hydrogens is 238 g/mol. The fourth-order valence-electron chi connectivity index (χ4n) is 2.00. The van der Waals surface area contributed by atoms with Crippen LogP contribution in [0.5, 0.6) is 0 Å². The largest absolute Gasteiger partial charge is 0.481 e. The molecule has 1 fully saturated rings. The number of aliphatic carboxylic acids is 1. The molecule has 2 rings (SSSR count). The summed E-state index contributed by atoms with van der Waals surface area (Å²) in [6.45, 7) is 0.0124. The lowest BCUT2D eigenvalue weighted by molar-refractivity contribution is -0.141. The predicted octanol–water partition coefficient (Wildman–Crippen LogP) is 0.822. The summed E-state index contributed by atoms with van der Waals surface area (Å²) in [5.41, 5.74) is 0.246. The Morgan fingerprint density at radius 2 is 1.89 bits per heavy atom. The summed E-state index contributed by atoms with van der Waals surface area (Å²) < 4.78 is 0. The molecular formula is C12H11NO5. The molecule has 1 aliphatic rings. The van der Waals surface area contributed by atoms with E-state index in [0.29, 0.717) is 0 Å². The molecule has 0 unspecified atom stereocenters. The van der Waals surface area contributed by atoms with E-state index >= 15 is 0 Å². The van der Waals surface area contributed by atoms with Crippen molar-refractivity contribution in [1.29, 1.82) is 0 Å². The molecule has 1 saturated heterocycles. The second-order valence-electron chi connectivity index (χ2n) is 4.07. The van der Waals surface area contributed by atoms with Crippen LogP contribution in [0.3, 0.4) is 0 Å². The van der Waals surface area contributed by atoms with Gasteiger partial charge in [0.15, 0.2) is 0 Å². The molecule has 0 aromatic heterocycles. The number of hydrogen-bond donors (Lipinski definition) is 2. The van der Waals surface area contributed by atoms with E-state index in [0.717, 1.165) is 0 Å². The quantitative estimate of drug-likeness (QED) is 0.827. The molecule has 0 aliphatic carbocycles. The highest BCUT2D eigenvalue weighted by Gasteiger charge is 2.36. The average molecular weight is 249 g/mol. The van der Waals surface area contributed by atoms with E-state index in [-0.39, 0.29) is 30.1 Å². The van der Waals surface area contributed by atoms with Crippen LogP contribution in [0.2, 0.25) is 0 Å². The highest BCUT2D eigenvalue weighted by molar-refractivity contribution is 6.04. The molecule has 0 bridgehead atoms. The first kappa shape index (κ1) is 12.1. The van der Waals surface area contributed by atoms with E-state index < -0.39 is 17.9 Å². The fraction of sp³-hybridized carbons (Fsp3) is 0.250. The van der Waals surface area contributed by atoms with Crippen molar-refractivity contribution in [3.8, 4) is 0 Å². The zero-order valence-corrected chi connectivity index (χ0v) is 9.37. The van der Waals surface area contributed by atoms with Gasteiger partial charge in [0.05, 0.1) is 17.2 Å². The molecule has 18 heavy (non-hydrogen) atoms. The van der Waals surface area contributed by atoms with Crippen LogP contribution in [0.15, 0.2) is 24.3 Å². The number of nitrogens with zero attached hydrogens (tertiary/aromatic N) is 1. The Labute approximate surface area is 102 Å². The van der Waals surface area contributed by atoms with E-state index in [2.05, 4.69) is 0 Å². The minimum Gasteiger partial charge on any atom is -0.481 e. The normalized spacial score (nSPS) is 19.0. The molecule has 2 N–H and O–H groups in total. The van der Waals surface area contributed by atoms with Gasteiger partial charge in [0, 0.05) is 13.0 Å². The van der Waals surface area contributed by atoms with Crippen molar-refractivity contribution in [2.45, 2.75) is 6.42 Å². The number of carbonyl (C=O) groups excluding carboxylic acids is 1. The lowest BCUT2D eigenvalue weighted by Crippen LogP contribution is -2.27. The van der Waals surface area contributed by atoms with Gasteiger partial charge in [-0.1, -0.05) is 12.1 Å². The van der Waals surface area contributed by atoms with Crippen LogP contribution in [0.4, 0.5) is 5.69 Å². The smallest absolute Gasteiger partial charge is 0.337 e. The Kier molecular flexibility index (Phi) is 3.01. The summed E-state index contributed by atoms with van der Waals surface area (Å²) in [6.07, 6.45) is -0.0940. The number of benzene rings is 1. The predicted molar refractivity (Wildman–Crippen MR) is 61.5 cm³/mol. The summed E-state index contributed by atoms with van der Waals surface area (Å²) in [7, 11) is 0. The third-order valence-corrected chi connectivity index (χ3v) is 2.90. The maximum atomic E-state index is 11.7. The number of amides is 1. The summed E-state index contributed by atoms with van der Waals surface area (Å²) in [6, 6.07) is 6.07. The molecule has 94 valence electrons. The second-order valence-corrected chi connectivity index (χ2v) is 4.07. The van der Waals surface area contributed by atoms with Crippen LogP contribution in [-0.4, -0.2) is 34.6 Å². The Morgan fingerprint density at radius 3 is 2.44 bits per heavy atom. The van der Waals surface area contributed by atoms with E-state index in [1.807, 2.05) is 0 Å². The van der Waals surface area contributed by atoms with Gasteiger partial charge in [-0.2, -0.15) is 0 Å². The summed E-state index contributed by atoms with van der Waals surface area (Å²) in [5.74, 6) is -3.33. The first-order valence-electron chi connectivity index (χ1n) is 5.36. The number of aromatic carboxylic acids is 1. The van der Waals surface area contributed by atoms with Gasteiger partial charge in [0.25, 0.3) is 0 Å². The molecule has 1 amide bonds. The molecule has 1 atom stereocenters. The highest BCUT2D eigenvalue weighted by Crippen LogP contribution is 2.28. The molecule has 1 aromatic rings. The van der Waals surface area contributed by atoms with Crippen LogP contribution in [0.1, 0.15) is 16.8 Å².